The van der Waals surface area contributed by atoms with Gasteiger partial charge in [0.15, 0.2) is 0 Å². The highest BCUT2D eigenvalue weighted by molar-refractivity contribution is 7.57. The largest absolute Gasteiger partial charge is 0.106 e. The third-order valence-corrected chi connectivity index (χ3v) is 6.06. The second-order valence-electron chi connectivity index (χ2n) is 3.88. The Morgan fingerprint density at radius 1 is 1.10 bits per heavy atom. The number of hydrogen-bond acceptors (Lipinski definition) is 0. The van der Waals surface area contributed by atoms with Crippen molar-refractivity contribution in [1.29, 1.82) is 0 Å². The lowest BCUT2D eigenvalue weighted by Gasteiger charge is -2.27. The lowest BCUT2D eigenvalue weighted by Crippen LogP contribution is -2.17. The van der Waals surface area contributed by atoms with Gasteiger partial charge >= 0.3 is 0 Å². The summed E-state index contributed by atoms with van der Waals surface area (Å²) in [6.45, 7) is 2.52. The molecule has 2 aliphatic rings. The van der Waals surface area contributed by atoms with E-state index < -0.39 is 0 Å². The Kier molecular flexibility index (Phi) is 2.00. The summed E-state index contributed by atoms with van der Waals surface area (Å²) in [6, 6.07) is 0. The van der Waals surface area contributed by atoms with E-state index in [-0.39, 0.29) is 0 Å². The van der Waals surface area contributed by atoms with E-state index in [1.807, 2.05) is 0 Å². The van der Waals surface area contributed by atoms with Gasteiger partial charge in [-0.3, -0.25) is 0 Å². The molecule has 3 atom stereocenters. The van der Waals surface area contributed by atoms with Gasteiger partial charge in [0.05, 0.1) is 0 Å². The van der Waals surface area contributed by atoms with Crippen LogP contribution in [0, 0.1) is 5.92 Å². The van der Waals surface area contributed by atoms with Crippen LogP contribution in [0.2, 0.25) is 0 Å². The summed E-state index contributed by atoms with van der Waals surface area (Å²) >= 11 is 0. The Balaban J connectivity index is 2.01. The zero-order valence-corrected chi connectivity index (χ0v) is 7.74. The van der Waals surface area contributed by atoms with Crippen LogP contribution in [0.15, 0.2) is 0 Å². The summed E-state index contributed by atoms with van der Waals surface area (Å²) in [4.78, 5) is 0. The molecule has 0 aromatic heterocycles. The Morgan fingerprint density at radius 3 is 2.70 bits per heavy atom. The van der Waals surface area contributed by atoms with Crippen LogP contribution in [0.4, 0.5) is 0 Å². The molecule has 2 rings (SSSR count). The molecule has 0 bridgehead atoms. The van der Waals surface area contributed by atoms with E-state index in [4.69, 9.17) is 0 Å². The summed E-state index contributed by atoms with van der Waals surface area (Å²) in [6.07, 6.45) is 9.37. The van der Waals surface area contributed by atoms with E-state index in [1.54, 1.807) is 25.4 Å². The molecule has 10 heavy (non-hydrogen) atoms. The maximum atomic E-state index is 2.52. The van der Waals surface area contributed by atoms with Crippen LogP contribution in [0.1, 0.15) is 32.1 Å². The minimum absolute atomic E-state index is 0.478. The molecular formula is C9H17P. The molecule has 58 valence electrons. The molecular weight excluding hydrogens is 139 g/mol. The van der Waals surface area contributed by atoms with E-state index in [1.165, 1.54) is 24.4 Å². The van der Waals surface area contributed by atoms with Crippen LogP contribution >= 0.6 is 7.92 Å². The van der Waals surface area contributed by atoms with Crippen LogP contribution in [-0.4, -0.2) is 18.5 Å². The molecule has 0 N–H and O–H groups in total. The van der Waals surface area contributed by atoms with Gasteiger partial charge in [-0.05, 0) is 43.7 Å². The smallest absolute Gasteiger partial charge is 0.0183 e. The van der Waals surface area contributed by atoms with Crippen molar-refractivity contribution in [3.05, 3.63) is 0 Å². The SMILES string of the molecule is CP1CCC2CCCCC21. The third-order valence-electron chi connectivity index (χ3n) is 3.29. The van der Waals surface area contributed by atoms with Crippen molar-refractivity contribution >= 4 is 7.92 Å². The Labute approximate surface area is 65.1 Å². The van der Waals surface area contributed by atoms with Gasteiger partial charge in [0.25, 0.3) is 0 Å². The second kappa shape index (κ2) is 2.81. The lowest BCUT2D eigenvalue weighted by molar-refractivity contribution is 0.376. The number of fused-ring (bicyclic) bond motifs is 1. The van der Waals surface area contributed by atoms with Crippen molar-refractivity contribution in [3.8, 4) is 0 Å². The normalized spacial score (nSPS) is 47.1. The van der Waals surface area contributed by atoms with Crippen molar-refractivity contribution in [2.24, 2.45) is 5.92 Å². The summed E-state index contributed by atoms with van der Waals surface area (Å²) in [5.74, 6) is 1.17. The first-order chi connectivity index (χ1) is 4.88. The van der Waals surface area contributed by atoms with E-state index in [2.05, 4.69) is 6.66 Å². The van der Waals surface area contributed by atoms with Gasteiger partial charge in [-0.1, -0.05) is 12.8 Å². The second-order valence-corrected chi connectivity index (χ2v) is 6.51. The van der Waals surface area contributed by atoms with Crippen LogP contribution in [-0.2, 0) is 0 Å². The van der Waals surface area contributed by atoms with Crippen LogP contribution in [0.25, 0.3) is 0 Å². The fraction of sp³-hybridized carbons (Fsp3) is 1.00. The molecule has 2 fully saturated rings. The van der Waals surface area contributed by atoms with Crippen LogP contribution < -0.4 is 0 Å². The summed E-state index contributed by atoms with van der Waals surface area (Å²) in [5.41, 5.74) is 1.20. The van der Waals surface area contributed by atoms with Crippen molar-refractivity contribution < 1.29 is 0 Å². The summed E-state index contributed by atoms with van der Waals surface area (Å²) in [7, 11) is 0.478. The van der Waals surface area contributed by atoms with Gasteiger partial charge in [0.1, 0.15) is 0 Å². The van der Waals surface area contributed by atoms with Crippen LogP contribution in [0.3, 0.4) is 0 Å². The fourth-order valence-electron chi connectivity index (χ4n) is 2.64. The molecule has 0 nitrogen and oxygen atoms in total. The number of rotatable bonds is 0. The molecule has 1 saturated carbocycles. The van der Waals surface area contributed by atoms with E-state index in [0.717, 1.165) is 0 Å². The molecule has 0 radical (unpaired) electrons. The Bertz CT molecular complexity index is 120. The quantitative estimate of drug-likeness (QED) is 0.473. The molecule has 0 amide bonds. The van der Waals surface area contributed by atoms with Crippen LogP contribution in [0.5, 0.6) is 0 Å². The number of hydrogen-bond donors (Lipinski definition) is 0. The first kappa shape index (κ1) is 7.10. The van der Waals surface area contributed by atoms with Gasteiger partial charge < -0.3 is 0 Å². The minimum Gasteiger partial charge on any atom is -0.106 e. The highest BCUT2D eigenvalue weighted by Crippen LogP contribution is 2.55. The molecule has 3 unspecified atom stereocenters. The lowest BCUT2D eigenvalue weighted by atomic mass is 9.87. The highest BCUT2D eigenvalue weighted by atomic mass is 31.1. The van der Waals surface area contributed by atoms with Crippen molar-refractivity contribution in [2.45, 2.75) is 37.8 Å². The van der Waals surface area contributed by atoms with Gasteiger partial charge in [0.2, 0.25) is 0 Å². The average molecular weight is 156 g/mol. The Hall–Kier alpha value is 0.430. The summed E-state index contributed by atoms with van der Waals surface area (Å²) < 4.78 is 0. The molecule has 0 aromatic carbocycles. The van der Waals surface area contributed by atoms with Gasteiger partial charge in [-0.25, -0.2) is 0 Å². The zero-order valence-electron chi connectivity index (χ0n) is 6.84. The predicted molar refractivity (Wildman–Crippen MR) is 48.1 cm³/mol. The van der Waals surface area contributed by atoms with Gasteiger partial charge in [-0.2, -0.15) is 0 Å². The van der Waals surface area contributed by atoms with E-state index in [0.29, 0.717) is 7.92 Å². The monoisotopic (exact) mass is 156 g/mol. The molecule has 0 aromatic rings. The summed E-state index contributed by atoms with van der Waals surface area (Å²) in [5, 5.41) is 0. The van der Waals surface area contributed by atoms with Crippen molar-refractivity contribution in [1.82, 2.24) is 0 Å². The Morgan fingerprint density at radius 2 is 1.90 bits per heavy atom. The highest BCUT2D eigenvalue weighted by Gasteiger charge is 2.34. The first-order valence-electron chi connectivity index (χ1n) is 4.58. The maximum Gasteiger partial charge on any atom is -0.0183 e. The van der Waals surface area contributed by atoms with Crippen molar-refractivity contribution in [2.75, 3.05) is 12.8 Å². The molecule has 1 heteroatoms. The van der Waals surface area contributed by atoms with Crippen molar-refractivity contribution in [3.63, 3.8) is 0 Å². The standard InChI is InChI=1S/C9H17P/c1-10-7-6-8-4-2-3-5-9(8)10/h8-9H,2-7H2,1H3. The molecule has 1 aliphatic carbocycles. The first-order valence-corrected chi connectivity index (χ1v) is 6.62. The fourth-order valence-corrected chi connectivity index (χ4v) is 5.35. The molecule has 1 heterocycles. The van der Waals surface area contributed by atoms with Gasteiger partial charge in [0, 0.05) is 0 Å². The average Bonchev–Trinajstić information content (AvgIpc) is 2.34. The molecule has 1 aliphatic heterocycles. The molecule has 0 spiro atoms. The topological polar surface area (TPSA) is 0 Å². The minimum atomic E-state index is 0.478. The molecule has 1 saturated heterocycles. The maximum absolute atomic E-state index is 2.52. The zero-order chi connectivity index (χ0) is 6.97. The third kappa shape index (κ3) is 1.11. The van der Waals surface area contributed by atoms with Gasteiger partial charge in [-0.15, -0.1) is 7.92 Å². The van der Waals surface area contributed by atoms with E-state index in [9.17, 15) is 0 Å². The van der Waals surface area contributed by atoms with E-state index >= 15 is 0 Å². The predicted octanol–water partition coefficient (Wildman–Crippen LogP) is 3.06.